The van der Waals surface area contributed by atoms with Crippen LogP contribution in [-0.2, 0) is 19.4 Å². The summed E-state index contributed by atoms with van der Waals surface area (Å²) < 4.78 is 1.96. The standard InChI is InChI=1S/C15H17N5OS/c1-2-11-14(22-9-17-11)13(21)10(8-16)15-19-18-12-6-4-3-5-7-20(12)15/h9-10H,2-7H2,1H3. The molecule has 0 aliphatic carbocycles. The van der Waals surface area contributed by atoms with E-state index in [1.807, 2.05) is 11.5 Å². The molecule has 22 heavy (non-hydrogen) atoms. The molecule has 0 spiro atoms. The predicted molar refractivity (Wildman–Crippen MR) is 81.8 cm³/mol. The number of nitriles is 1. The highest BCUT2D eigenvalue weighted by Gasteiger charge is 2.31. The summed E-state index contributed by atoms with van der Waals surface area (Å²) in [4.78, 5) is 17.5. The molecule has 1 aliphatic heterocycles. The molecule has 0 aromatic carbocycles. The van der Waals surface area contributed by atoms with Gasteiger partial charge in [0, 0.05) is 13.0 Å². The zero-order valence-electron chi connectivity index (χ0n) is 12.4. The van der Waals surface area contributed by atoms with Gasteiger partial charge in [-0.2, -0.15) is 5.26 Å². The molecule has 3 rings (SSSR count). The van der Waals surface area contributed by atoms with Crippen LogP contribution in [0.25, 0.3) is 0 Å². The number of Topliss-reactive ketones (excluding diaryl/α,β-unsaturated/α-hetero) is 1. The largest absolute Gasteiger partial charge is 0.313 e. The Morgan fingerprint density at radius 3 is 3.09 bits per heavy atom. The smallest absolute Gasteiger partial charge is 0.199 e. The van der Waals surface area contributed by atoms with Gasteiger partial charge >= 0.3 is 0 Å². The molecule has 1 unspecified atom stereocenters. The maximum atomic E-state index is 12.8. The Kier molecular flexibility index (Phi) is 4.29. The lowest BCUT2D eigenvalue weighted by Crippen LogP contribution is -2.18. The van der Waals surface area contributed by atoms with Gasteiger partial charge < -0.3 is 4.57 Å². The first-order valence-electron chi connectivity index (χ1n) is 7.54. The molecule has 3 heterocycles. The van der Waals surface area contributed by atoms with E-state index >= 15 is 0 Å². The quantitative estimate of drug-likeness (QED) is 0.809. The first kappa shape index (κ1) is 14.9. The highest BCUT2D eigenvalue weighted by Crippen LogP contribution is 2.26. The van der Waals surface area contributed by atoms with Crippen LogP contribution in [-0.4, -0.2) is 25.5 Å². The summed E-state index contributed by atoms with van der Waals surface area (Å²) in [6.45, 7) is 2.74. The van der Waals surface area contributed by atoms with Crippen molar-refractivity contribution in [1.82, 2.24) is 19.7 Å². The first-order valence-corrected chi connectivity index (χ1v) is 8.42. The van der Waals surface area contributed by atoms with Crippen LogP contribution in [0.2, 0.25) is 0 Å². The third-order valence-corrected chi connectivity index (χ3v) is 4.87. The second-order valence-corrected chi connectivity index (χ2v) is 6.20. The molecule has 2 aromatic heterocycles. The van der Waals surface area contributed by atoms with Crippen LogP contribution in [0.4, 0.5) is 0 Å². The number of rotatable bonds is 4. The fourth-order valence-electron chi connectivity index (χ4n) is 2.81. The van der Waals surface area contributed by atoms with E-state index < -0.39 is 5.92 Å². The van der Waals surface area contributed by atoms with Gasteiger partial charge in [0.25, 0.3) is 0 Å². The number of carbonyl (C=O) groups is 1. The van der Waals surface area contributed by atoms with Crippen LogP contribution in [0, 0.1) is 11.3 Å². The van der Waals surface area contributed by atoms with E-state index in [9.17, 15) is 10.1 Å². The fourth-order valence-corrected chi connectivity index (χ4v) is 3.66. The Morgan fingerprint density at radius 1 is 1.45 bits per heavy atom. The normalized spacial score (nSPS) is 15.6. The Balaban J connectivity index is 1.97. The van der Waals surface area contributed by atoms with Crippen LogP contribution in [0.1, 0.15) is 59.1 Å². The molecule has 114 valence electrons. The molecule has 7 heteroatoms. The molecular formula is C15H17N5OS. The zero-order valence-corrected chi connectivity index (χ0v) is 13.3. The SMILES string of the molecule is CCc1ncsc1C(=O)C(C#N)c1nnc2n1CCCCC2. The van der Waals surface area contributed by atoms with E-state index in [4.69, 9.17) is 0 Å². The second-order valence-electron chi connectivity index (χ2n) is 5.34. The van der Waals surface area contributed by atoms with Crippen LogP contribution < -0.4 is 0 Å². The van der Waals surface area contributed by atoms with Gasteiger partial charge in [-0.15, -0.1) is 21.5 Å². The van der Waals surface area contributed by atoms with Crippen molar-refractivity contribution in [3.63, 3.8) is 0 Å². The van der Waals surface area contributed by atoms with Crippen molar-refractivity contribution in [3.05, 3.63) is 27.7 Å². The predicted octanol–water partition coefficient (Wildman–Crippen LogP) is 2.51. The minimum atomic E-state index is -0.898. The van der Waals surface area contributed by atoms with Crippen LogP contribution in [0.15, 0.2) is 5.51 Å². The average Bonchev–Trinajstić information content (AvgIpc) is 3.09. The highest BCUT2D eigenvalue weighted by atomic mass is 32.1. The number of nitrogens with zero attached hydrogens (tertiary/aromatic N) is 5. The lowest BCUT2D eigenvalue weighted by atomic mass is 10.0. The lowest BCUT2D eigenvalue weighted by molar-refractivity contribution is 0.0977. The van der Waals surface area contributed by atoms with Gasteiger partial charge in [-0.3, -0.25) is 4.79 Å². The molecule has 2 aromatic rings. The average molecular weight is 315 g/mol. The van der Waals surface area contributed by atoms with Gasteiger partial charge in [-0.05, 0) is 19.3 Å². The van der Waals surface area contributed by atoms with Gasteiger partial charge in [-0.1, -0.05) is 13.3 Å². The summed E-state index contributed by atoms with van der Waals surface area (Å²) in [6.07, 6.45) is 4.80. The molecule has 0 bridgehead atoms. The topological polar surface area (TPSA) is 84.5 Å². The fraction of sp³-hybridized carbons (Fsp3) is 0.533. The van der Waals surface area contributed by atoms with Gasteiger partial charge in [0.15, 0.2) is 17.5 Å². The van der Waals surface area contributed by atoms with Crippen molar-refractivity contribution in [3.8, 4) is 6.07 Å². The molecule has 0 saturated carbocycles. The van der Waals surface area contributed by atoms with Crippen molar-refractivity contribution in [1.29, 1.82) is 5.26 Å². The zero-order chi connectivity index (χ0) is 15.5. The van der Waals surface area contributed by atoms with E-state index in [0.29, 0.717) is 17.1 Å². The Bertz CT molecular complexity index is 727. The van der Waals surface area contributed by atoms with Crippen molar-refractivity contribution in [2.24, 2.45) is 0 Å². The maximum Gasteiger partial charge on any atom is 0.199 e. The third kappa shape index (κ3) is 2.55. The van der Waals surface area contributed by atoms with E-state index in [-0.39, 0.29) is 5.78 Å². The van der Waals surface area contributed by atoms with Gasteiger partial charge in [-0.25, -0.2) is 4.98 Å². The lowest BCUT2D eigenvalue weighted by Gasteiger charge is -2.10. The van der Waals surface area contributed by atoms with E-state index in [1.165, 1.54) is 11.3 Å². The summed E-state index contributed by atoms with van der Waals surface area (Å²) >= 11 is 1.30. The summed E-state index contributed by atoms with van der Waals surface area (Å²) in [5, 5.41) is 17.9. The maximum absolute atomic E-state index is 12.8. The minimum Gasteiger partial charge on any atom is -0.313 e. The minimum absolute atomic E-state index is 0.207. The first-order chi connectivity index (χ1) is 10.8. The van der Waals surface area contributed by atoms with E-state index in [2.05, 4.69) is 21.3 Å². The number of hydrogen-bond donors (Lipinski definition) is 0. The van der Waals surface area contributed by atoms with Crippen molar-refractivity contribution < 1.29 is 4.79 Å². The number of aromatic nitrogens is 4. The molecule has 6 nitrogen and oxygen atoms in total. The van der Waals surface area contributed by atoms with Crippen molar-refractivity contribution >= 4 is 17.1 Å². The van der Waals surface area contributed by atoms with Crippen molar-refractivity contribution in [2.75, 3.05) is 0 Å². The molecule has 0 fully saturated rings. The molecule has 0 saturated heterocycles. The number of ketones is 1. The Labute approximate surface area is 132 Å². The van der Waals surface area contributed by atoms with E-state index in [0.717, 1.165) is 43.7 Å². The summed E-state index contributed by atoms with van der Waals surface area (Å²) in [6, 6.07) is 2.12. The third-order valence-electron chi connectivity index (χ3n) is 3.99. The van der Waals surface area contributed by atoms with Gasteiger partial charge in [0.05, 0.1) is 22.2 Å². The van der Waals surface area contributed by atoms with Gasteiger partial charge in [0.1, 0.15) is 5.82 Å². The number of carbonyl (C=O) groups excluding carboxylic acids is 1. The Morgan fingerprint density at radius 2 is 2.32 bits per heavy atom. The Hall–Kier alpha value is -2.07. The number of thiazole rings is 1. The number of fused-ring (bicyclic) bond motifs is 1. The van der Waals surface area contributed by atoms with Crippen LogP contribution >= 0.6 is 11.3 Å². The molecule has 1 atom stereocenters. The summed E-state index contributed by atoms with van der Waals surface area (Å²) in [5.41, 5.74) is 2.41. The molecule has 0 amide bonds. The molecule has 0 radical (unpaired) electrons. The van der Waals surface area contributed by atoms with E-state index in [1.54, 1.807) is 5.51 Å². The summed E-state index contributed by atoms with van der Waals surface area (Å²) in [5.74, 6) is 0.270. The van der Waals surface area contributed by atoms with Crippen molar-refractivity contribution in [2.45, 2.75) is 51.5 Å². The molecule has 1 aliphatic rings. The van der Waals surface area contributed by atoms with Crippen LogP contribution in [0.3, 0.4) is 0 Å². The van der Waals surface area contributed by atoms with Crippen LogP contribution in [0.5, 0.6) is 0 Å². The highest BCUT2D eigenvalue weighted by molar-refractivity contribution is 7.12. The molecule has 0 N–H and O–H groups in total. The van der Waals surface area contributed by atoms with Gasteiger partial charge in [0.2, 0.25) is 0 Å². The second kappa shape index (κ2) is 6.36. The number of aryl methyl sites for hydroxylation is 2. The molecular weight excluding hydrogens is 298 g/mol. The monoisotopic (exact) mass is 315 g/mol. The number of hydrogen-bond acceptors (Lipinski definition) is 6. The summed E-state index contributed by atoms with van der Waals surface area (Å²) in [7, 11) is 0.